The monoisotopic (exact) mass is 366 g/mol. The topological polar surface area (TPSA) is 143 Å². The third-order valence-electron chi connectivity index (χ3n) is 3.73. The van der Waals surface area contributed by atoms with Crippen LogP contribution in [-0.4, -0.2) is 54.0 Å². The molecule has 2 atom stereocenters. The molecule has 1 aromatic carbocycles. The highest BCUT2D eigenvalue weighted by Gasteiger charge is 2.14. The highest BCUT2D eigenvalue weighted by atomic mass is 16.5. The lowest BCUT2D eigenvalue weighted by Crippen LogP contribution is -2.47. The molecule has 0 heterocycles. The Hall–Kier alpha value is -2.32. The summed E-state index contributed by atoms with van der Waals surface area (Å²) in [5, 5.41) is 20.8. The molecule has 0 fully saturated rings. The summed E-state index contributed by atoms with van der Waals surface area (Å²) in [5.41, 5.74) is 12.2. The molecule has 0 saturated carbocycles. The molecule has 0 bridgehead atoms. The Morgan fingerprint density at radius 1 is 1.31 bits per heavy atom. The van der Waals surface area contributed by atoms with Crippen molar-refractivity contribution >= 4 is 11.9 Å². The van der Waals surface area contributed by atoms with Crippen LogP contribution in [0.25, 0.3) is 0 Å². The number of aliphatic imine (C=N–C) groups is 1. The van der Waals surface area contributed by atoms with Gasteiger partial charge in [-0.15, -0.1) is 0 Å². The molecule has 26 heavy (non-hydrogen) atoms. The van der Waals surface area contributed by atoms with Crippen LogP contribution in [0.3, 0.4) is 0 Å². The maximum absolute atomic E-state index is 11.3. The molecule has 0 saturated heterocycles. The van der Waals surface area contributed by atoms with E-state index in [1.807, 2.05) is 31.2 Å². The van der Waals surface area contributed by atoms with Crippen molar-refractivity contribution in [3.63, 3.8) is 0 Å². The Kier molecular flexibility index (Phi) is 10.1. The van der Waals surface area contributed by atoms with Gasteiger partial charge in [0.05, 0.1) is 6.61 Å². The average Bonchev–Trinajstić information content (AvgIpc) is 2.63. The number of benzene rings is 1. The van der Waals surface area contributed by atoms with Gasteiger partial charge in [-0.1, -0.05) is 25.5 Å². The number of nitrogens with one attached hydrogen (secondary N) is 1. The lowest BCUT2D eigenvalue weighted by molar-refractivity contribution is -0.119. The van der Waals surface area contributed by atoms with E-state index in [2.05, 4.69) is 10.3 Å². The SMILES string of the molecule is CCC[C@H](NC(N)=NCCCc1ccc(OC[C@H](O)CO)cc1)C(N)=O. The van der Waals surface area contributed by atoms with Crippen LogP contribution >= 0.6 is 0 Å². The molecule has 8 heteroatoms. The molecule has 1 aromatic rings. The van der Waals surface area contributed by atoms with Crippen molar-refractivity contribution in [2.45, 2.75) is 44.8 Å². The van der Waals surface area contributed by atoms with Crippen LogP contribution in [-0.2, 0) is 11.2 Å². The van der Waals surface area contributed by atoms with E-state index in [0.717, 1.165) is 24.8 Å². The number of carbonyl (C=O) groups is 1. The fourth-order valence-corrected chi connectivity index (χ4v) is 2.28. The number of primary amides is 1. The van der Waals surface area contributed by atoms with Gasteiger partial charge in [0.15, 0.2) is 5.96 Å². The summed E-state index contributed by atoms with van der Waals surface area (Å²) in [4.78, 5) is 15.5. The fourth-order valence-electron chi connectivity index (χ4n) is 2.28. The van der Waals surface area contributed by atoms with Crippen molar-refractivity contribution in [3.05, 3.63) is 29.8 Å². The Labute approximate surface area is 154 Å². The van der Waals surface area contributed by atoms with Gasteiger partial charge in [-0.3, -0.25) is 9.79 Å². The molecule has 0 aromatic heterocycles. The number of carbonyl (C=O) groups excluding carboxylic acids is 1. The van der Waals surface area contributed by atoms with Crippen molar-refractivity contribution in [2.75, 3.05) is 19.8 Å². The Bertz CT molecular complexity index is 563. The minimum Gasteiger partial charge on any atom is -0.491 e. The van der Waals surface area contributed by atoms with Crippen molar-refractivity contribution in [1.29, 1.82) is 0 Å². The van der Waals surface area contributed by atoms with E-state index < -0.39 is 18.1 Å². The van der Waals surface area contributed by atoms with Crippen LogP contribution in [0.5, 0.6) is 5.75 Å². The van der Waals surface area contributed by atoms with Crippen LogP contribution in [0.1, 0.15) is 31.7 Å². The summed E-state index contributed by atoms with van der Waals surface area (Å²) in [7, 11) is 0. The number of rotatable bonds is 12. The zero-order valence-corrected chi connectivity index (χ0v) is 15.2. The Morgan fingerprint density at radius 3 is 2.58 bits per heavy atom. The van der Waals surface area contributed by atoms with Gasteiger partial charge in [-0.25, -0.2) is 0 Å². The highest BCUT2D eigenvalue weighted by Crippen LogP contribution is 2.13. The molecule has 0 radical (unpaired) electrons. The number of aliphatic hydroxyl groups excluding tert-OH is 2. The molecular formula is C18H30N4O4. The lowest BCUT2D eigenvalue weighted by atomic mass is 10.1. The predicted octanol–water partition coefficient (Wildman–Crippen LogP) is -0.0905. The Morgan fingerprint density at radius 2 is 2.00 bits per heavy atom. The molecule has 8 nitrogen and oxygen atoms in total. The third-order valence-corrected chi connectivity index (χ3v) is 3.73. The van der Waals surface area contributed by atoms with Crippen LogP contribution in [0.15, 0.2) is 29.3 Å². The molecule has 1 rings (SSSR count). The molecule has 7 N–H and O–H groups in total. The molecule has 1 amide bonds. The number of guanidine groups is 1. The lowest BCUT2D eigenvalue weighted by Gasteiger charge is -2.14. The molecule has 146 valence electrons. The van der Waals surface area contributed by atoms with Crippen molar-refractivity contribution in [3.8, 4) is 5.75 Å². The van der Waals surface area contributed by atoms with Gasteiger partial charge in [-0.05, 0) is 37.0 Å². The number of nitrogens with zero attached hydrogens (tertiary/aromatic N) is 1. The number of hydrogen-bond acceptors (Lipinski definition) is 5. The quantitative estimate of drug-likeness (QED) is 0.199. The third kappa shape index (κ3) is 8.68. The van der Waals surface area contributed by atoms with E-state index in [1.165, 1.54) is 0 Å². The first-order valence-corrected chi connectivity index (χ1v) is 8.82. The molecule has 0 spiro atoms. The van der Waals surface area contributed by atoms with Crippen LogP contribution in [0.2, 0.25) is 0 Å². The minimum absolute atomic E-state index is 0.0567. The molecule has 0 aliphatic carbocycles. The first-order chi connectivity index (χ1) is 12.5. The van der Waals surface area contributed by atoms with Gasteiger partial charge in [0.1, 0.15) is 24.5 Å². The Balaban J connectivity index is 2.34. The number of hydrogen-bond donors (Lipinski definition) is 5. The van der Waals surface area contributed by atoms with E-state index in [0.29, 0.717) is 18.7 Å². The van der Waals surface area contributed by atoms with Crippen molar-refractivity contribution in [1.82, 2.24) is 5.32 Å². The normalized spacial score (nSPS) is 13.9. The fraction of sp³-hybridized carbons (Fsp3) is 0.556. The second kappa shape index (κ2) is 12.1. The van der Waals surface area contributed by atoms with E-state index in [1.54, 1.807) is 0 Å². The number of ether oxygens (including phenoxy) is 1. The maximum Gasteiger partial charge on any atom is 0.240 e. The van der Waals surface area contributed by atoms with Crippen LogP contribution in [0.4, 0.5) is 0 Å². The zero-order chi connectivity index (χ0) is 19.4. The van der Waals surface area contributed by atoms with Crippen LogP contribution < -0.4 is 21.5 Å². The molecule has 0 aliphatic heterocycles. The van der Waals surface area contributed by atoms with Gasteiger partial charge >= 0.3 is 0 Å². The summed E-state index contributed by atoms with van der Waals surface area (Å²) in [6.07, 6.45) is 2.20. The standard InChI is InChI=1S/C18H30N4O4/c1-2-4-16(17(19)25)22-18(20)21-10-3-5-13-6-8-15(9-7-13)26-12-14(24)11-23/h6-9,14,16,23-24H,2-5,10-12H2,1H3,(H2,19,25)(H3,20,21,22)/t14-,16+/m1/s1. The van der Waals surface area contributed by atoms with E-state index in [-0.39, 0.29) is 19.2 Å². The number of aliphatic hydroxyl groups is 2. The zero-order valence-electron chi connectivity index (χ0n) is 15.2. The summed E-state index contributed by atoms with van der Waals surface area (Å²) in [6.45, 7) is 2.24. The van der Waals surface area contributed by atoms with Crippen molar-refractivity contribution in [2.24, 2.45) is 16.5 Å². The van der Waals surface area contributed by atoms with Crippen LogP contribution in [0, 0.1) is 0 Å². The van der Waals surface area contributed by atoms with Gasteiger partial charge in [0, 0.05) is 6.54 Å². The van der Waals surface area contributed by atoms with Gasteiger partial charge in [0.25, 0.3) is 0 Å². The molecule has 0 unspecified atom stereocenters. The number of nitrogens with two attached hydrogens (primary N) is 2. The number of aryl methyl sites for hydroxylation is 1. The van der Waals surface area contributed by atoms with Gasteiger partial charge in [-0.2, -0.15) is 0 Å². The predicted molar refractivity (Wildman–Crippen MR) is 101 cm³/mol. The number of amides is 1. The highest BCUT2D eigenvalue weighted by molar-refractivity contribution is 5.87. The first-order valence-electron chi connectivity index (χ1n) is 8.82. The van der Waals surface area contributed by atoms with Gasteiger partial charge in [0.2, 0.25) is 5.91 Å². The maximum atomic E-state index is 11.3. The van der Waals surface area contributed by atoms with Crippen molar-refractivity contribution < 1.29 is 19.7 Å². The average molecular weight is 366 g/mol. The largest absolute Gasteiger partial charge is 0.491 e. The van der Waals surface area contributed by atoms with Gasteiger partial charge < -0.3 is 31.7 Å². The second-order valence-corrected chi connectivity index (χ2v) is 6.05. The van der Waals surface area contributed by atoms with E-state index in [4.69, 9.17) is 21.3 Å². The van der Waals surface area contributed by atoms with E-state index in [9.17, 15) is 9.90 Å². The summed E-state index contributed by atoms with van der Waals surface area (Å²) >= 11 is 0. The second-order valence-electron chi connectivity index (χ2n) is 6.05. The summed E-state index contributed by atoms with van der Waals surface area (Å²) in [6, 6.07) is 7.04. The molecular weight excluding hydrogens is 336 g/mol. The summed E-state index contributed by atoms with van der Waals surface area (Å²) < 4.78 is 5.35. The van der Waals surface area contributed by atoms with E-state index >= 15 is 0 Å². The summed E-state index contributed by atoms with van der Waals surface area (Å²) in [5.74, 6) is 0.438. The first kappa shape index (κ1) is 21.7. The molecule has 0 aliphatic rings. The minimum atomic E-state index is -0.877. The smallest absolute Gasteiger partial charge is 0.240 e.